The second-order valence-electron chi connectivity index (χ2n) is 5.45. The highest BCUT2D eigenvalue weighted by Crippen LogP contribution is 2.29. The van der Waals surface area contributed by atoms with Crippen LogP contribution in [0.2, 0.25) is 0 Å². The number of nitrogens with two attached hydrogens (primary N) is 1. The van der Waals surface area contributed by atoms with Crippen LogP contribution in [0.1, 0.15) is 23.0 Å². The lowest BCUT2D eigenvalue weighted by Gasteiger charge is -2.17. The van der Waals surface area contributed by atoms with Crippen molar-refractivity contribution in [1.82, 2.24) is 4.90 Å². The average Bonchev–Trinajstić information content (AvgIpc) is 3.03. The fourth-order valence-electron chi connectivity index (χ4n) is 2.67. The van der Waals surface area contributed by atoms with E-state index in [4.69, 9.17) is 5.73 Å². The number of rotatable bonds is 2. The van der Waals surface area contributed by atoms with E-state index in [1.165, 1.54) is 23.5 Å². The van der Waals surface area contributed by atoms with Crippen molar-refractivity contribution in [3.63, 3.8) is 0 Å². The largest absolute Gasteiger partial charge is 0.338 e. The molecule has 106 valence electrons. The third-order valence-corrected chi connectivity index (χ3v) is 5.03. The maximum atomic E-state index is 13.2. The topological polar surface area (TPSA) is 46.3 Å². The maximum Gasteiger partial charge on any atom is 0.263 e. The summed E-state index contributed by atoms with van der Waals surface area (Å²) in [6, 6.07) is 6.58. The molecule has 2 unspecified atom stereocenters. The van der Waals surface area contributed by atoms with Gasteiger partial charge in [0.25, 0.3) is 5.91 Å². The SMILES string of the molecule is CC(N)C1CCN(C(=O)c2cc3ccc(F)cc3s2)C1. The Morgan fingerprint density at radius 3 is 3.00 bits per heavy atom. The summed E-state index contributed by atoms with van der Waals surface area (Å²) in [5.41, 5.74) is 5.90. The van der Waals surface area contributed by atoms with Crippen molar-refractivity contribution in [2.75, 3.05) is 13.1 Å². The highest BCUT2D eigenvalue weighted by molar-refractivity contribution is 7.20. The van der Waals surface area contributed by atoms with E-state index in [9.17, 15) is 9.18 Å². The van der Waals surface area contributed by atoms with Crippen molar-refractivity contribution in [3.05, 3.63) is 35.0 Å². The number of benzene rings is 1. The lowest BCUT2D eigenvalue weighted by atomic mass is 10.0. The number of likely N-dealkylation sites (tertiary alicyclic amines) is 1. The average molecular weight is 292 g/mol. The molecule has 5 heteroatoms. The molecule has 0 spiro atoms. The van der Waals surface area contributed by atoms with E-state index in [0.29, 0.717) is 10.8 Å². The van der Waals surface area contributed by atoms with Gasteiger partial charge in [0.05, 0.1) is 4.88 Å². The van der Waals surface area contributed by atoms with Crippen molar-refractivity contribution >= 4 is 27.3 Å². The van der Waals surface area contributed by atoms with Crippen LogP contribution in [0.5, 0.6) is 0 Å². The molecule has 1 saturated heterocycles. The van der Waals surface area contributed by atoms with Crippen LogP contribution < -0.4 is 5.73 Å². The van der Waals surface area contributed by atoms with E-state index in [1.54, 1.807) is 6.07 Å². The van der Waals surface area contributed by atoms with E-state index in [0.717, 1.165) is 29.6 Å². The lowest BCUT2D eigenvalue weighted by molar-refractivity contribution is 0.0791. The third kappa shape index (κ3) is 2.43. The van der Waals surface area contributed by atoms with Crippen molar-refractivity contribution < 1.29 is 9.18 Å². The van der Waals surface area contributed by atoms with Gasteiger partial charge in [-0.2, -0.15) is 0 Å². The number of carbonyl (C=O) groups is 1. The third-order valence-electron chi connectivity index (χ3n) is 3.95. The summed E-state index contributed by atoms with van der Waals surface area (Å²) in [6.45, 7) is 3.47. The van der Waals surface area contributed by atoms with Crippen LogP contribution in [0.3, 0.4) is 0 Å². The molecule has 20 heavy (non-hydrogen) atoms. The van der Waals surface area contributed by atoms with Crippen molar-refractivity contribution in [3.8, 4) is 0 Å². The van der Waals surface area contributed by atoms with Gasteiger partial charge in [-0.05, 0) is 42.8 Å². The van der Waals surface area contributed by atoms with Crippen LogP contribution in [0.4, 0.5) is 4.39 Å². The highest BCUT2D eigenvalue weighted by Gasteiger charge is 2.29. The number of hydrogen-bond acceptors (Lipinski definition) is 3. The van der Waals surface area contributed by atoms with Gasteiger partial charge in [-0.3, -0.25) is 4.79 Å². The first-order chi connectivity index (χ1) is 9.54. The Hall–Kier alpha value is -1.46. The molecule has 0 radical (unpaired) electrons. The van der Waals surface area contributed by atoms with Gasteiger partial charge in [0.1, 0.15) is 5.82 Å². The summed E-state index contributed by atoms with van der Waals surface area (Å²) < 4.78 is 14.0. The molecule has 1 amide bonds. The fourth-order valence-corrected chi connectivity index (χ4v) is 3.72. The second-order valence-corrected chi connectivity index (χ2v) is 6.54. The number of carbonyl (C=O) groups excluding carboxylic acids is 1. The molecule has 2 aromatic rings. The standard InChI is InChI=1S/C15H17FN2OS/c1-9(17)11-4-5-18(8-11)15(19)14-6-10-2-3-12(16)7-13(10)20-14/h2-3,6-7,9,11H,4-5,8,17H2,1H3. The summed E-state index contributed by atoms with van der Waals surface area (Å²) in [6.07, 6.45) is 0.961. The van der Waals surface area contributed by atoms with E-state index in [2.05, 4.69) is 0 Å². The summed E-state index contributed by atoms with van der Waals surface area (Å²) >= 11 is 1.35. The lowest BCUT2D eigenvalue weighted by Crippen LogP contribution is -2.32. The molecule has 1 aliphatic heterocycles. The summed E-state index contributed by atoms with van der Waals surface area (Å²) in [5.74, 6) is 0.150. The molecule has 2 atom stereocenters. The molecule has 2 N–H and O–H groups in total. The van der Waals surface area contributed by atoms with E-state index in [-0.39, 0.29) is 17.8 Å². The number of thiophene rings is 1. The Morgan fingerprint density at radius 1 is 1.50 bits per heavy atom. The van der Waals surface area contributed by atoms with Gasteiger partial charge in [-0.1, -0.05) is 6.07 Å². The zero-order valence-electron chi connectivity index (χ0n) is 11.3. The molecule has 0 saturated carbocycles. The van der Waals surface area contributed by atoms with Crippen LogP contribution in [0, 0.1) is 11.7 Å². The van der Waals surface area contributed by atoms with Gasteiger partial charge in [-0.15, -0.1) is 11.3 Å². The number of fused-ring (bicyclic) bond motifs is 1. The molecular formula is C15H17FN2OS. The molecule has 0 bridgehead atoms. The van der Waals surface area contributed by atoms with Gasteiger partial charge in [0.15, 0.2) is 0 Å². The van der Waals surface area contributed by atoms with E-state index < -0.39 is 0 Å². The van der Waals surface area contributed by atoms with E-state index in [1.807, 2.05) is 17.9 Å². The first kappa shape index (κ1) is 13.5. The molecule has 3 rings (SSSR count). The van der Waals surface area contributed by atoms with Gasteiger partial charge in [0.2, 0.25) is 0 Å². The van der Waals surface area contributed by atoms with Crippen LogP contribution in [0.15, 0.2) is 24.3 Å². The van der Waals surface area contributed by atoms with Crippen LogP contribution >= 0.6 is 11.3 Å². The number of hydrogen-bond donors (Lipinski definition) is 1. The minimum Gasteiger partial charge on any atom is -0.338 e. The molecular weight excluding hydrogens is 275 g/mol. The Morgan fingerprint density at radius 2 is 2.30 bits per heavy atom. The quantitative estimate of drug-likeness (QED) is 0.925. The Kier molecular flexibility index (Phi) is 3.48. The monoisotopic (exact) mass is 292 g/mol. The zero-order valence-corrected chi connectivity index (χ0v) is 12.1. The fraction of sp³-hybridized carbons (Fsp3) is 0.400. The molecule has 1 aromatic heterocycles. The Bertz CT molecular complexity index is 652. The predicted octanol–water partition coefficient (Wildman–Crippen LogP) is 2.85. The number of amides is 1. The van der Waals surface area contributed by atoms with Crippen molar-refractivity contribution in [1.29, 1.82) is 0 Å². The summed E-state index contributed by atoms with van der Waals surface area (Å²) in [5, 5.41) is 0.919. The van der Waals surface area contributed by atoms with Gasteiger partial charge in [-0.25, -0.2) is 4.39 Å². The van der Waals surface area contributed by atoms with Gasteiger partial charge >= 0.3 is 0 Å². The molecule has 1 fully saturated rings. The zero-order chi connectivity index (χ0) is 14.3. The molecule has 1 aromatic carbocycles. The molecule has 2 heterocycles. The van der Waals surface area contributed by atoms with Gasteiger partial charge < -0.3 is 10.6 Å². The first-order valence-electron chi connectivity index (χ1n) is 6.78. The van der Waals surface area contributed by atoms with Crippen LogP contribution in [-0.4, -0.2) is 29.9 Å². The smallest absolute Gasteiger partial charge is 0.263 e. The van der Waals surface area contributed by atoms with E-state index >= 15 is 0 Å². The van der Waals surface area contributed by atoms with Gasteiger partial charge in [0, 0.05) is 23.8 Å². The predicted molar refractivity (Wildman–Crippen MR) is 79.4 cm³/mol. The normalized spacial score (nSPS) is 20.6. The molecule has 1 aliphatic rings. The Balaban J connectivity index is 1.82. The highest BCUT2D eigenvalue weighted by atomic mass is 32.1. The molecule has 0 aliphatic carbocycles. The van der Waals surface area contributed by atoms with Crippen LogP contribution in [0.25, 0.3) is 10.1 Å². The maximum absolute atomic E-state index is 13.2. The first-order valence-corrected chi connectivity index (χ1v) is 7.60. The number of nitrogens with zero attached hydrogens (tertiary/aromatic N) is 1. The number of halogens is 1. The summed E-state index contributed by atoms with van der Waals surface area (Å²) in [7, 11) is 0. The molecule has 3 nitrogen and oxygen atoms in total. The summed E-state index contributed by atoms with van der Waals surface area (Å²) in [4.78, 5) is 15.0. The minimum absolute atomic E-state index is 0.0368. The Labute approximate surface area is 121 Å². The van der Waals surface area contributed by atoms with Crippen LogP contribution in [-0.2, 0) is 0 Å². The second kappa shape index (κ2) is 5.14. The minimum atomic E-state index is -0.267. The van der Waals surface area contributed by atoms with Crippen molar-refractivity contribution in [2.45, 2.75) is 19.4 Å². The van der Waals surface area contributed by atoms with Crippen molar-refractivity contribution in [2.24, 2.45) is 11.7 Å².